The van der Waals surface area contributed by atoms with Crippen LogP contribution in [-0.4, -0.2) is 51.3 Å². The first-order valence-corrected chi connectivity index (χ1v) is 9.86. The Labute approximate surface area is 164 Å². The summed E-state index contributed by atoms with van der Waals surface area (Å²) in [6.45, 7) is 5.72. The molecule has 4 heterocycles. The van der Waals surface area contributed by atoms with Crippen molar-refractivity contribution in [2.45, 2.75) is 25.7 Å². The molecule has 0 radical (unpaired) electrons. The minimum absolute atomic E-state index is 0.577. The monoisotopic (exact) mass is 373 g/mol. The van der Waals surface area contributed by atoms with Crippen molar-refractivity contribution in [3.05, 3.63) is 54.2 Å². The van der Waals surface area contributed by atoms with Gasteiger partial charge < -0.3 is 9.80 Å². The Bertz CT molecular complexity index is 946. The molecule has 1 aliphatic heterocycles. The third kappa shape index (κ3) is 3.52. The van der Waals surface area contributed by atoms with Gasteiger partial charge in [-0.3, -0.25) is 4.98 Å². The van der Waals surface area contributed by atoms with Gasteiger partial charge in [0.05, 0.1) is 5.69 Å². The van der Waals surface area contributed by atoms with Gasteiger partial charge in [0, 0.05) is 61.8 Å². The third-order valence-electron chi connectivity index (χ3n) is 5.34. The molecule has 28 heavy (non-hydrogen) atoms. The van der Waals surface area contributed by atoms with Crippen molar-refractivity contribution in [1.29, 1.82) is 0 Å². The lowest BCUT2D eigenvalue weighted by Crippen LogP contribution is -2.47. The van der Waals surface area contributed by atoms with E-state index in [4.69, 9.17) is 4.98 Å². The Morgan fingerprint density at radius 2 is 1.68 bits per heavy atom. The molecule has 5 rings (SSSR count). The van der Waals surface area contributed by atoms with E-state index < -0.39 is 0 Å². The topological polar surface area (TPSA) is 70.9 Å². The molecular formula is C21H23N7. The van der Waals surface area contributed by atoms with Crippen LogP contribution in [0.4, 0.5) is 11.6 Å². The smallest absolute Gasteiger partial charge is 0.151 e. The molecule has 0 bridgehead atoms. The second-order valence-electron chi connectivity index (χ2n) is 7.49. The molecule has 0 amide bonds. The predicted molar refractivity (Wildman–Crippen MR) is 108 cm³/mol. The van der Waals surface area contributed by atoms with Gasteiger partial charge in [0.2, 0.25) is 0 Å². The molecule has 1 saturated carbocycles. The highest BCUT2D eigenvalue weighted by atomic mass is 15.3. The maximum absolute atomic E-state index is 4.82. The van der Waals surface area contributed by atoms with Gasteiger partial charge in [0.1, 0.15) is 11.6 Å². The van der Waals surface area contributed by atoms with Crippen LogP contribution in [0.15, 0.2) is 42.7 Å². The number of hydrogen-bond donors (Lipinski definition) is 0. The summed E-state index contributed by atoms with van der Waals surface area (Å²) in [6.07, 6.45) is 6.02. The minimum Gasteiger partial charge on any atom is -0.353 e. The maximum atomic E-state index is 4.82. The van der Waals surface area contributed by atoms with Gasteiger partial charge in [0.15, 0.2) is 5.82 Å². The van der Waals surface area contributed by atoms with Crippen LogP contribution in [0.25, 0.3) is 11.3 Å². The summed E-state index contributed by atoms with van der Waals surface area (Å²) >= 11 is 0. The Kier molecular flexibility index (Phi) is 4.35. The van der Waals surface area contributed by atoms with Gasteiger partial charge >= 0.3 is 0 Å². The highest BCUT2D eigenvalue weighted by Crippen LogP contribution is 2.38. The molecule has 0 aromatic carbocycles. The lowest BCUT2D eigenvalue weighted by atomic mass is 10.2. The lowest BCUT2D eigenvalue weighted by molar-refractivity contribution is 0.635. The molecule has 0 N–H and O–H groups in total. The second kappa shape index (κ2) is 7.14. The number of rotatable bonds is 4. The van der Waals surface area contributed by atoms with E-state index in [1.807, 2.05) is 30.5 Å². The molecule has 142 valence electrons. The van der Waals surface area contributed by atoms with Crippen LogP contribution in [0.5, 0.6) is 0 Å². The first-order chi connectivity index (χ1) is 13.8. The molecule has 0 atom stereocenters. The van der Waals surface area contributed by atoms with Crippen LogP contribution in [0.1, 0.15) is 30.3 Å². The summed E-state index contributed by atoms with van der Waals surface area (Å²) in [5.74, 6) is 3.58. The van der Waals surface area contributed by atoms with Gasteiger partial charge in [-0.15, -0.1) is 10.2 Å². The molecule has 3 aromatic heterocycles. The van der Waals surface area contributed by atoms with Gasteiger partial charge in [-0.1, -0.05) is 0 Å². The van der Waals surface area contributed by atoms with Gasteiger partial charge in [-0.25, -0.2) is 9.97 Å². The Hall–Kier alpha value is -3.09. The molecule has 1 aliphatic carbocycles. The number of aryl methyl sites for hydroxylation is 1. The average Bonchev–Trinajstić information content (AvgIpc) is 3.60. The predicted octanol–water partition coefficient (Wildman–Crippen LogP) is 2.84. The largest absolute Gasteiger partial charge is 0.353 e. The zero-order valence-electron chi connectivity index (χ0n) is 16.0. The van der Waals surface area contributed by atoms with Crippen LogP contribution < -0.4 is 9.80 Å². The SMILES string of the molecule is Cc1cc(N2CCN(c3ccc(-c4cccnc4)nn3)CC2)nc(C2CC2)n1. The van der Waals surface area contributed by atoms with Crippen molar-refractivity contribution in [3.63, 3.8) is 0 Å². The molecular weight excluding hydrogens is 350 g/mol. The van der Waals surface area contributed by atoms with Crippen LogP contribution >= 0.6 is 0 Å². The number of anilines is 2. The summed E-state index contributed by atoms with van der Waals surface area (Å²) in [6, 6.07) is 10.1. The quantitative estimate of drug-likeness (QED) is 0.696. The number of piperazine rings is 1. The second-order valence-corrected chi connectivity index (χ2v) is 7.49. The van der Waals surface area contributed by atoms with E-state index in [1.165, 1.54) is 12.8 Å². The van der Waals surface area contributed by atoms with Crippen LogP contribution in [0.3, 0.4) is 0 Å². The summed E-state index contributed by atoms with van der Waals surface area (Å²) in [5.41, 5.74) is 2.89. The van der Waals surface area contributed by atoms with Crippen LogP contribution in [-0.2, 0) is 0 Å². The van der Waals surface area contributed by atoms with Crippen molar-refractivity contribution in [2.24, 2.45) is 0 Å². The fourth-order valence-corrected chi connectivity index (χ4v) is 3.59. The van der Waals surface area contributed by atoms with E-state index >= 15 is 0 Å². The summed E-state index contributed by atoms with van der Waals surface area (Å²) < 4.78 is 0. The molecule has 3 aromatic rings. The van der Waals surface area contributed by atoms with E-state index in [0.717, 1.165) is 60.6 Å². The van der Waals surface area contributed by atoms with Crippen LogP contribution in [0.2, 0.25) is 0 Å². The summed E-state index contributed by atoms with van der Waals surface area (Å²) in [5, 5.41) is 8.83. The highest BCUT2D eigenvalue weighted by Gasteiger charge is 2.28. The molecule has 7 nitrogen and oxygen atoms in total. The zero-order valence-corrected chi connectivity index (χ0v) is 16.0. The molecule has 0 unspecified atom stereocenters. The average molecular weight is 373 g/mol. The summed E-state index contributed by atoms with van der Waals surface area (Å²) in [4.78, 5) is 18.2. The van der Waals surface area contributed by atoms with E-state index in [2.05, 4.69) is 43.0 Å². The number of aromatic nitrogens is 5. The van der Waals surface area contributed by atoms with Gasteiger partial charge in [-0.2, -0.15) is 0 Å². The number of nitrogens with zero attached hydrogens (tertiary/aromatic N) is 7. The van der Waals surface area contributed by atoms with E-state index in [1.54, 1.807) is 6.20 Å². The first kappa shape index (κ1) is 17.0. The van der Waals surface area contributed by atoms with Crippen molar-refractivity contribution < 1.29 is 0 Å². The molecule has 0 spiro atoms. The maximum Gasteiger partial charge on any atom is 0.151 e. The highest BCUT2D eigenvalue weighted by molar-refractivity contribution is 5.58. The zero-order chi connectivity index (χ0) is 18.9. The minimum atomic E-state index is 0.577. The number of hydrogen-bond acceptors (Lipinski definition) is 7. The third-order valence-corrected chi connectivity index (χ3v) is 5.34. The van der Waals surface area contributed by atoms with E-state index in [-0.39, 0.29) is 0 Å². The molecule has 1 saturated heterocycles. The normalized spacial score (nSPS) is 17.0. The molecule has 2 fully saturated rings. The van der Waals surface area contributed by atoms with E-state index in [0.29, 0.717) is 5.92 Å². The van der Waals surface area contributed by atoms with Crippen molar-refractivity contribution in [3.8, 4) is 11.3 Å². The Morgan fingerprint density at radius 3 is 2.32 bits per heavy atom. The standard InChI is InChI=1S/C21H23N7/c1-15-13-20(24-21(23-15)16-4-5-16)28-11-9-27(10-12-28)19-7-6-18(25-26-19)17-3-2-8-22-14-17/h2-3,6-8,13-14,16H,4-5,9-12H2,1H3. The van der Waals surface area contributed by atoms with Crippen molar-refractivity contribution in [2.75, 3.05) is 36.0 Å². The van der Waals surface area contributed by atoms with Crippen molar-refractivity contribution in [1.82, 2.24) is 25.1 Å². The lowest BCUT2D eigenvalue weighted by Gasteiger charge is -2.36. The Morgan fingerprint density at radius 1 is 0.893 bits per heavy atom. The Balaban J connectivity index is 1.26. The molecule has 7 heteroatoms. The fraction of sp³-hybridized carbons (Fsp3) is 0.381. The number of pyridine rings is 1. The fourth-order valence-electron chi connectivity index (χ4n) is 3.59. The van der Waals surface area contributed by atoms with Gasteiger partial charge in [0.25, 0.3) is 0 Å². The first-order valence-electron chi connectivity index (χ1n) is 9.86. The molecule has 2 aliphatic rings. The van der Waals surface area contributed by atoms with Crippen molar-refractivity contribution >= 4 is 11.6 Å². The van der Waals surface area contributed by atoms with E-state index in [9.17, 15) is 0 Å². The summed E-state index contributed by atoms with van der Waals surface area (Å²) in [7, 11) is 0. The van der Waals surface area contributed by atoms with Gasteiger partial charge in [-0.05, 0) is 44.0 Å². The van der Waals surface area contributed by atoms with Crippen LogP contribution in [0, 0.1) is 6.92 Å².